The summed E-state index contributed by atoms with van der Waals surface area (Å²) >= 11 is 0. The molecule has 0 aromatic heterocycles. The van der Waals surface area contributed by atoms with Crippen molar-refractivity contribution < 1.29 is 0 Å². The van der Waals surface area contributed by atoms with E-state index in [1.807, 2.05) is 0 Å². The first-order chi connectivity index (χ1) is 28.4. The van der Waals surface area contributed by atoms with Gasteiger partial charge in [0.2, 0.25) is 0 Å². The maximum atomic E-state index is 2.55. The molecule has 0 N–H and O–H groups in total. The molecule has 10 rings (SSSR count). The van der Waals surface area contributed by atoms with Gasteiger partial charge in [0.25, 0.3) is 0 Å². The zero-order valence-electron chi connectivity index (χ0n) is 33.6. The molecule has 0 aliphatic heterocycles. The third-order valence-electron chi connectivity index (χ3n) is 12.1. The van der Waals surface area contributed by atoms with Gasteiger partial charge in [-0.2, -0.15) is 0 Å². The van der Waals surface area contributed by atoms with Crippen LogP contribution in [0.1, 0.15) is 34.2 Å². The molecular weight excluding hydrogens is 701 g/mol. The Labute approximate surface area is 342 Å². The number of aryl methyl sites for hydroxylation is 5. The average Bonchev–Trinajstić information content (AvgIpc) is 3.27. The molecule has 9 aromatic rings. The third kappa shape index (κ3) is 6.22. The zero-order valence-corrected chi connectivity index (χ0v) is 33.6. The highest BCUT2D eigenvalue weighted by Crippen LogP contribution is 2.45. The van der Waals surface area contributed by atoms with Gasteiger partial charge in [0.1, 0.15) is 0 Å². The van der Waals surface area contributed by atoms with Gasteiger partial charge < -0.3 is 9.80 Å². The first-order valence-corrected chi connectivity index (χ1v) is 20.5. The lowest BCUT2D eigenvalue weighted by Crippen LogP contribution is -2.27. The summed E-state index contributed by atoms with van der Waals surface area (Å²) in [5.41, 5.74) is 18.5. The smallest absolute Gasteiger partial charge is 0.0540 e. The van der Waals surface area contributed by atoms with Crippen LogP contribution in [-0.2, 0) is 6.42 Å². The normalized spacial score (nSPS) is 12.3. The Hall–Kier alpha value is -6.90. The van der Waals surface area contributed by atoms with Crippen LogP contribution in [0.3, 0.4) is 0 Å². The predicted octanol–water partition coefficient (Wildman–Crippen LogP) is 14.6. The van der Waals surface area contributed by atoms with Crippen LogP contribution in [0.4, 0.5) is 28.4 Å². The molecule has 0 spiro atoms. The van der Waals surface area contributed by atoms with E-state index in [2.05, 4.69) is 219 Å². The highest BCUT2D eigenvalue weighted by atomic mass is 15.2. The van der Waals surface area contributed by atoms with Crippen molar-refractivity contribution in [2.24, 2.45) is 0 Å². The molecule has 0 amide bonds. The van der Waals surface area contributed by atoms with E-state index < -0.39 is 0 Å². The Morgan fingerprint density at radius 1 is 0.379 bits per heavy atom. The Bertz CT molecular complexity index is 3020. The highest BCUT2D eigenvalue weighted by molar-refractivity contribution is 6.17. The molecular formula is C56H46N2. The van der Waals surface area contributed by atoms with Crippen molar-refractivity contribution in [1.82, 2.24) is 0 Å². The fourth-order valence-electron chi connectivity index (χ4n) is 9.02. The highest BCUT2D eigenvalue weighted by Gasteiger charge is 2.26. The van der Waals surface area contributed by atoms with Gasteiger partial charge in [-0.15, -0.1) is 0 Å². The summed E-state index contributed by atoms with van der Waals surface area (Å²) in [6.45, 7) is 8.81. The molecule has 1 aliphatic rings. The Morgan fingerprint density at radius 2 is 0.914 bits per heavy atom. The number of anilines is 5. The monoisotopic (exact) mass is 746 g/mol. The molecule has 0 fully saturated rings. The third-order valence-corrected chi connectivity index (χ3v) is 12.1. The van der Waals surface area contributed by atoms with Crippen molar-refractivity contribution >= 4 is 55.7 Å². The van der Waals surface area contributed by atoms with Crippen molar-refractivity contribution in [3.63, 3.8) is 0 Å². The maximum Gasteiger partial charge on any atom is 0.0540 e. The van der Waals surface area contributed by atoms with E-state index >= 15 is 0 Å². The van der Waals surface area contributed by atoms with Crippen LogP contribution in [0.2, 0.25) is 0 Å². The predicted molar refractivity (Wildman–Crippen MR) is 248 cm³/mol. The van der Waals surface area contributed by atoms with E-state index in [0.717, 1.165) is 18.5 Å². The van der Waals surface area contributed by atoms with Gasteiger partial charge in [-0.1, -0.05) is 151 Å². The minimum Gasteiger partial charge on any atom is -0.313 e. The van der Waals surface area contributed by atoms with E-state index in [-0.39, 0.29) is 0 Å². The van der Waals surface area contributed by atoms with Crippen LogP contribution in [0, 0.1) is 27.7 Å². The first kappa shape index (κ1) is 35.5. The maximum absolute atomic E-state index is 2.55. The summed E-state index contributed by atoms with van der Waals surface area (Å²) < 4.78 is 0. The summed E-state index contributed by atoms with van der Waals surface area (Å²) in [6.07, 6.45) is 1.92. The average molecular weight is 747 g/mol. The topological polar surface area (TPSA) is 6.48 Å². The first-order valence-electron chi connectivity index (χ1n) is 20.5. The second-order valence-corrected chi connectivity index (χ2v) is 16.0. The van der Waals surface area contributed by atoms with Crippen LogP contribution in [0.25, 0.3) is 49.5 Å². The molecule has 0 radical (unpaired) electrons. The largest absolute Gasteiger partial charge is 0.313 e. The molecule has 0 atom stereocenters. The number of benzene rings is 9. The minimum atomic E-state index is 0.942. The molecule has 1 aliphatic carbocycles. The number of nitrogens with zero attached hydrogens (tertiary/aromatic N) is 2. The number of hydrogen-bond donors (Lipinski definition) is 0. The van der Waals surface area contributed by atoms with Gasteiger partial charge in [-0.25, -0.2) is 0 Å². The van der Waals surface area contributed by atoms with Crippen LogP contribution >= 0.6 is 0 Å². The molecule has 9 aromatic carbocycles. The standard InChI is InChI=1S/C56H46N2/c1-37-15-27-47(28-16-37)57(53-35-45(21-19-39(53)3)41-11-7-5-8-12-41)51-33-25-43-24-32-50-52(34-26-44-23-31-49(51)55(43)56(44)50)58(48-29-17-38(2)18-30-48)54-36-46(22-20-40(54)4)42-13-9-6-10-14-42/h5-25,27-33,35-36H,26,34H2,1-4H3. The van der Waals surface area contributed by atoms with Crippen LogP contribution in [0.15, 0.2) is 182 Å². The van der Waals surface area contributed by atoms with Gasteiger partial charge >= 0.3 is 0 Å². The molecule has 58 heavy (non-hydrogen) atoms. The fourth-order valence-corrected chi connectivity index (χ4v) is 9.02. The Morgan fingerprint density at radius 3 is 1.50 bits per heavy atom. The quantitative estimate of drug-likeness (QED) is 0.153. The Balaban J connectivity index is 1.23. The Kier molecular flexibility index (Phi) is 8.91. The van der Waals surface area contributed by atoms with Gasteiger partial charge in [-0.05, 0) is 138 Å². The van der Waals surface area contributed by atoms with Crippen LogP contribution < -0.4 is 15.0 Å². The second kappa shape index (κ2) is 14.6. The van der Waals surface area contributed by atoms with Gasteiger partial charge in [-0.3, -0.25) is 0 Å². The molecule has 0 bridgehead atoms. The molecule has 2 nitrogen and oxygen atoms in total. The van der Waals surface area contributed by atoms with Crippen molar-refractivity contribution in [2.75, 3.05) is 9.80 Å². The van der Waals surface area contributed by atoms with E-state index in [1.165, 1.54) is 105 Å². The molecule has 2 heteroatoms. The van der Waals surface area contributed by atoms with Crippen LogP contribution in [-0.4, -0.2) is 0 Å². The summed E-state index contributed by atoms with van der Waals surface area (Å²) in [7, 11) is 0. The molecule has 0 saturated carbocycles. The van der Waals surface area contributed by atoms with Crippen molar-refractivity contribution in [3.8, 4) is 22.3 Å². The van der Waals surface area contributed by atoms with Gasteiger partial charge in [0.05, 0.1) is 5.69 Å². The lowest BCUT2D eigenvalue weighted by Gasteiger charge is -2.33. The molecule has 0 heterocycles. The van der Waals surface area contributed by atoms with Gasteiger partial charge in [0, 0.05) is 39.1 Å². The molecule has 280 valence electrons. The number of rotatable bonds is 8. The minimum absolute atomic E-state index is 0.942. The lowest BCUT2D eigenvalue weighted by atomic mass is 9.87. The van der Waals surface area contributed by atoms with E-state index in [0.29, 0.717) is 0 Å². The van der Waals surface area contributed by atoms with Crippen molar-refractivity contribution in [1.29, 1.82) is 0 Å². The summed E-state index contributed by atoms with van der Waals surface area (Å²) in [5.74, 6) is 0. The zero-order chi connectivity index (χ0) is 39.3. The van der Waals surface area contributed by atoms with E-state index in [1.54, 1.807) is 0 Å². The summed E-state index contributed by atoms with van der Waals surface area (Å²) in [6, 6.07) is 67.5. The number of hydrogen-bond acceptors (Lipinski definition) is 2. The second-order valence-electron chi connectivity index (χ2n) is 16.0. The molecule has 0 saturated heterocycles. The summed E-state index contributed by atoms with van der Waals surface area (Å²) in [4.78, 5) is 5.03. The summed E-state index contributed by atoms with van der Waals surface area (Å²) in [5, 5.41) is 6.53. The fraction of sp³-hybridized carbons (Fsp3) is 0.107. The van der Waals surface area contributed by atoms with Crippen LogP contribution in [0.5, 0.6) is 0 Å². The SMILES string of the molecule is Cc1ccc(N(C2=c3ccc4ccc(N(c5ccc(C)cc5)c5cc(-c6ccccc6)ccc5C)c5ccc(c3c45)CC2)c2cc(-c3ccccc3)ccc2C)cc1. The molecule has 0 unspecified atom stereocenters. The van der Waals surface area contributed by atoms with Crippen molar-refractivity contribution in [2.45, 2.75) is 40.5 Å². The van der Waals surface area contributed by atoms with Crippen molar-refractivity contribution in [3.05, 3.63) is 215 Å². The lowest BCUT2D eigenvalue weighted by molar-refractivity contribution is 0.972. The van der Waals surface area contributed by atoms with Gasteiger partial charge in [0.15, 0.2) is 0 Å². The van der Waals surface area contributed by atoms with E-state index in [9.17, 15) is 0 Å². The van der Waals surface area contributed by atoms with E-state index in [4.69, 9.17) is 0 Å².